The number of morpholine rings is 1. The van der Waals surface area contributed by atoms with E-state index < -0.39 is 4.92 Å². The molecule has 1 fully saturated rings. The Kier molecular flexibility index (Phi) is 5.50. The van der Waals surface area contributed by atoms with Gasteiger partial charge in [0.15, 0.2) is 5.82 Å². The van der Waals surface area contributed by atoms with Gasteiger partial charge >= 0.3 is 0 Å². The monoisotopic (exact) mass is 402 g/mol. The summed E-state index contributed by atoms with van der Waals surface area (Å²) in [4.78, 5) is 12.5. The first-order valence-electron chi connectivity index (χ1n) is 9.37. The third-order valence-electron chi connectivity index (χ3n) is 4.73. The molecule has 1 saturated heterocycles. The highest BCUT2D eigenvalue weighted by Gasteiger charge is 2.23. The van der Waals surface area contributed by atoms with Crippen LogP contribution in [0.3, 0.4) is 0 Å². The molecule has 0 unspecified atom stereocenters. The van der Waals surface area contributed by atoms with E-state index in [0.717, 1.165) is 5.69 Å². The number of ether oxygens (including phenoxy) is 1. The van der Waals surface area contributed by atoms with Crippen LogP contribution >= 0.6 is 0 Å². The lowest BCUT2D eigenvalue weighted by molar-refractivity contribution is -0.384. The zero-order valence-corrected chi connectivity index (χ0v) is 16.0. The minimum atomic E-state index is -0.459. The van der Waals surface area contributed by atoms with Crippen LogP contribution in [0, 0.1) is 21.4 Å². The largest absolute Gasteiger partial charge is 0.378 e. The van der Waals surface area contributed by atoms with Gasteiger partial charge in [0.2, 0.25) is 5.95 Å². The molecule has 4 rings (SSSR count). The molecule has 9 nitrogen and oxygen atoms in total. The van der Waals surface area contributed by atoms with Gasteiger partial charge in [-0.15, -0.1) is 10.2 Å². The Morgan fingerprint density at radius 1 is 1.10 bits per heavy atom. The van der Waals surface area contributed by atoms with Gasteiger partial charge in [0.1, 0.15) is 6.07 Å². The normalized spacial score (nSPS) is 14.4. The van der Waals surface area contributed by atoms with Gasteiger partial charge in [0, 0.05) is 25.2 Å². The number of nitriles is 1. The van der Waals surface area contributed by atoms with E-state index in [0.29, 0.717) is 49.2 Å². The van der Waals surface area contributed by atoms with Crippen molar-refractivity contribution in [3.05, 3.63) is 76.1 Å². The molecule has 0 radical (unpaired) electrons. The minimum Gasteiger partial charge on any atom is -0.378 e. The maximum atomic E-state index is 10.9. The fraction of sp³-hybridized carbons (Fsp3) is 0.190. The van der Waals surface area contributed by atoms with Crippen LogP contribution in [0.25, 0.3) is 17.3 Å². The molecule has 30 heavy (non-hydrogen) atoms. The Balaban J connectivity index is 1.79. The summed E-state index contributed by atoms with van der Waals surface area (Å²) in [7, 11) is 0. The lowest BCUT2D eigenvalue weighted by Crippen LogP contribution is -2.38. The highest BCUT2D eigenvalue weighted by Crippen LogP contribution is 2.26. The topological polar surface area (TPSA) is 110 Å². The smallest absolute Gasteiger partial charge is 0.269 e. The van der Waals surface area contributed by atoms with Gasteiger partial charge in [0.25, 0.3) is 5.69 Å². The molecule has 0 N–H and O–H groups in total. The van der Waals surface area contributed by atoms with Crippen molar-refractivity contribution >= 4 is 23.3 Å². The maximum Gasteiger partial charge on any atom is 0.269 e. The fourth-order valence-corrected chi connectivity index (χ4v) is 3.24. The number of non-ortho nitro benzene ring substituents is 1. The summed E-state index contributed by atoms with van der Waals surface area (Å²) in [5.74, 6) is 1.05. The Labute approximate surface area is 172 Å². The van der Waals surface area contributed by atoms with Crippen molar-refractivity contribution in [1.29, 1.82) is 5.26 Å². The molecule has 0 amide bonds. The number of nitro benzene ring substituents is 1. The minimum absolute atomic E-state index is 0.00675. The van der Waals surface area contributed by atoms with Crippen LogP contribution in [0.5, 0.6) is 0 Å². The van der Waals surface area contributed by atoms with Crippen LogP contribution in [0.2, 0.25) is 0 Å². The molecule has 2 heterocycles. The summed E-state index contributed by atoms with van der Waals surface area (Å²) in [6, 6.07) is 17.8. The summed E-state index contributed by atoms with van der Waals surface area (Å²) in [6.07, 6.45) is 1.65. The predicted molar refractivity (Wildman–Crippen MR) is 111 cm³/mol. The third kappa shape index (κ3) is 3.90. The lowest BCUT2D eigenvalue weighted by atomic mass is 10.1. The highest BCUT2D eigenvalue weighted by atomic mass is 16.6. The van der Waals surface area contributed by atoms with E-state index >= 15 is 0 Å². The van der Waals surface area contributed by atoms with E-state index in [2.05, 4.69) is 21.2 Å². The SMILES string of the molecule is N#C/C(=C\c1ccc([N+](=O)[O-])cc1)c1nnc(N2CCOCC2)n1-c1ccccc1. The van der Waals surface area contributed by atoms with Crippen molar-refractivity contribution in [3.8, 4) is 11.8 Å². The summed E-state index contributed by atoms with van der Waals surface area (Å²) in [5.41, 5.74) is 1.80. The Morgan fingerprint density at radius 3 is 2.43 bits per heavy atom. The van der Waals surface area contributed by atoms with Gasteiger partial charge in [-0.2, -0.15) is 5.26 Å². The number of para-hydroxylation sites is 1. The van der Waals surface area contributed by atoms with Gasteiger partial charge in [-0.3, -0.25) is 14.7 Å². The standard InChI is InChI=1S/C21H18N6O3/c22-15-17(14-16-6-8-19(9-7-16)27(28)29)20-23-24-21(25-10-12-30-13-11-25)26(20)18-4-2-1-3-5-18/h1-9,14H,10-13H2/b17-14+. The molecule has 2 aromatic carbocycles. The first kappa shape index (κ1) is 19.3. The molecule has 1 aromatic heterocycles. The molecule has 150 valence electrons. The van der Waals surface area contributed by atoms with Gasteiger partial charge in [-0.05, 0) is 35.9 Å². The average Bonchev–Trinajstić information content (AvgIpc) is 3.24. The Bertz CT molecular complexity index is 1110. The number of nitrogens with zero attached hydrogens (tertiary/aromatic N) is 6. The van der Waals surface area contributed by atoms with E-state index in [9.17, 15) is 15.4 Å². The molecule has 0 spiro atoms. The lowest BCUT2D eigenvalue weighted by Gasteiger charge is -2.28. The van der Waals surface area contributed by atoms with Crippen molar-refractivity contribution in [2.45, 2.75) is 0 Å². The number of rotatable bonds is 5. The van der Waals surface area contributed by atoms with Crippen molar-refractivity contribution in [2.24, 2.45) is 0 Å². The fourth-order valence-electron chi connectivity index (χ4n) is 3.24. The van der Waals surface area contributed by atoms with Crippen molar-refractivity contribution in [2.75, 3.05) is 31.2 Å². The quantitative estimate of drug-likeness (QED) is 0.366. The Hall–Kier alpha value is -4.03. The molecule has 0 bridgehead atoms. The number of aromatic nitrogens is 3. The third-order valence-corrected chi connectivity index (χ3v) is 4.73. The van der Waals surface area contributed by atoms with E-state index in [1.165, 1.54) is 12.1 Å². The summed E-state index contributed by atoms with van der Waals surface area (Å²) in [6.45, 7) is 2.55. The van der Waals surface area contributed by atoms with Crippen LogP contribution in [0.1, 0.15) is 11.4 Å². The van der Waals surface area contributed by atoms with Gasteiger partial charge in [-0.1, -0.05) is 18.2 Å². The molecule has 1 aliphatic rings. The second-order valence-corrected chi connectivity index (χ2v) is 6.61. The van der Waals surface area contributed by atoms with E-state index in [4.69, 9.17) is 4.74 Å². The number of hydrogen-bond acceptors (Lipinski definition) is 7. The molecular formula is C21H18N6O3. The maximum absolute atomic E-state index is 10.9. The predicted octanol–water partition coefficient (Wildman–Crippen LogP) is 3.08. The van der Waals surface area contributed by atoms with Gasteiger partial charge in [0.05, 0.1) is 29.4 Å². The van der Waals surface area contributed by atoms with Gasteiger partial charge < -0.3 is 9.64 Å². The van der Waals surface area contributed by atoms with Crippen LogP contribution in [0.15, 0.2) is 54.6 Å². The molecule has 0 saturated carbocycles. The highest BCUT2D eigenvalue weighted by molar-refractivity contribution is 5.88. The van der Waals surface area contributed by atoms with Crippen LogP contribution in [0.4, 0.5) is 11.6 Å². The first-order chi connectivity index (χ1) is 14.7. The first-order valence-corrected chi connectivity index (χ1v) is 9.37. The zero-order chi connectivity index (χ0) is 20.9. The van der Waals surface area contributed by atoms with Gasteiger partial charge in [-0.25, -0.2) is 0 Å². The number of allylic oxidation sites excluding steroid dienone is 1. The van der Waals surface area contributed by atoms with E-state index in [-0.39, 0.29) is 5.69 Å². The number of nitro groups is 1. The second-order valence-electron chi connectivity index (χ2n) is 6.61. The summed E-state index contributed by atoms with van der Waals surface area (Å²) < 4.78 is 7.29. The number of benzene rings is 2. The van der Waals surface area contributed by atoms with Crippen LogP contribution < -0.4 is 4.90 Å². The van der Waals surface area contributed by atoms with E-state index in [1.54, 1.807) is 18.2 Å². The number of anilines is 1. The van der Waals surface area contributed by atoms with Crippen LogP contribution in [-0.2, 0) is 4.74 Å². The molecule has 0 atom stereocenters. The summed E-state index contributed by atoms with van der Waals surface area (Å²) >= 11 is 0. The average molecular weight is 402 g/mol. The van der Waals surface area contributed by atoms with Crippen molar-refractivity contribution in [1.82, 2.24) is 14.8 Å². The summed E-state index contributed by atoms with van der Waals surface area (Å²) in [5, 5.41) is 29.4. The molecule has 0 aliphatic carbocycles. The van der Waals surface area contributed by atoms with Crippen molar-refractivity contribution < 1.29 is 9.66 Å². The van der Waals surface area contributed by atoms with Crippen molar-refractivity contribution in [3.63, 3.8) is 0 Å². The second kappa shape index (κ2) is 8.55. The molecule has 1 aliphatic heterocycles. The molecule has 9 heteroatoms. The zero-order valence-electron chi connectivity index (χ0n) is 16.0. The van der Waals surface area contributed by atoms with E-state index in [1.807, 2.05) is 34.9 Å². The molecular weight excluding hydrogens is 384 g/mol. The van der Waals surface area contributed by atoms with Crippen LogP contribution in [-0.4, -0.2) is 46.0 Å². The Morgan fingerprint density at radius 2 is 1.80 bits per heavy atom. The molecule has 3 aromatic rings. The number of hydrogen-bond donors (Lipinski definition) is 0.